The van der Waals surface area contributed by atoms with E-state index in [1.54, 1.807) is 6.92 Å². The van der Waals surface area contributed by atoms with Gasteiger partial charge in [-0.05, 0) is 60.6 Å². The van der Waals surface area contributed by atoms with Crippen LogP contribution in [0.1, 0.15) is 48.1 Å². The van der Waals surface area contributed by atoms with Gasteiger partial charge in [0.15, 0.2) is 0 Å². The summed E-state index contributed by atoms with van der Waals surface area (Å²) in [4.78, 5) is 16.9. The van der Waals surface area contributed by atoms with Crippen LogP contribution in [0.15, 0.2) is 36.5 Å². The number of piperidine rings is 1. The van der Waals surface area contributed by atoms with Gasteiger partial charge >= 0.3 is 6.09 Å². The van der Waals surface area contributed by atoms with Gasteiger partial charge in [-0.15, -0.1) is 0 Å². The fourth-order valence-electron chi connectivity index (χ4n) is 4.69. The molecule has 6 heteroatoms. The molecule has 0 spiro atoms. The number of likely N-dealkylation sites (tertiary alicyclic amines) is 1. The fraction of sp³-hybridized carbons (Fsp3) is 0.455. The van der Waals surface area contributed by atoms with Crippen LogP contribution in [0.4, 0.5) is 4.79 Å². The van der Waals surface area contributed by atoms with Crippen LogP contribution in [0.25, 0.3) is 0 Å². The predicted molar refractivity (Wildman–Crippen MR) is 108 cm³/mol. The zero-order valence-corrected chi connectivity index (χ0v) is 16.8. The lowest BCUT2D eigenvalue weighted by Crippen LogP contribution is -2.53. The fourth-order valence-corrected chi connectivity index (χ4v) is 4.89. The summed E-state index contributed by atoms with van der Waals surface area (Å²) in [5.74, 6) is 0.392. The second-order valence-corrected chi connectivity index (χ2v) is 8.18. The number of pyridine rings is 1. The van der Waals surface area contributed by atoms with Gasteiger partial charge in [-0.3, -0.25) is 9.63 Å². The summed E-state index contributed by atoms with van der Waals surface area (Å²) in [6.45, 7) is 2.47. The van der Waals surface area contributed by atoms with Crippen molar-refractivity contribution < 1.29 is 14.2 Å². The molecule has 2 aromatic rings. The number of halogens is 1. The maximum absolute atomic E-state index is 12.9. The molecule has 1 fully saturated rings. The molecule has 148 valence electrons. The molecular weight excluding hydrogens is 376 g/mol. The Balaban J connectivity index is 1.67. The van der Waals surface area contributed by atoms with Gasteiger partial charge in [0.05, 0.1) is 25.4 Å². The maximum Gasteiger partial charge on any atom is 0.516 e. The molecule has 1 saturated heterocycles. The number of aryl methyl sites for hydroxylation is 2. The Labute approximate surface area is 170 Å². The first-order valence-electron chi connectivity index (χ1n) is 9.99. The van der Waals surface area contributed by atoms with Gasteiger partial charge in [-0.1, -0.05) is 23.7 Å². The molecule has 1 aromatic heterocycles. The number of hydrogen-bond acceptors (Lipinski definition) is 4. The number of rotatable bonds is 2. The Kier molecular flexibility index (Phi) is 5.41. The van der Waals surface area contributed by atoms with E-state index < -0.39 is 10.7 Å². The number of carbonyl (C=O) groups excluding carboxylic acids is 1. The lowest BCUT2D eigenvalue weighted by molar-refractivity contribution is -0.814. The maximum atomic E-state index is 12.9. The van der Waals surface area contributed by atoms with Crippen molar-refractivity contribution in [3.8, 4) is 0 Å². The van der Waals surface area contributed by atoms with E-state index in [1.165, 1.54) is 16.7 Å². The van der Waals surface area contributed by atoms with E-state index in [1.807, 2.05) is 18.3 Å². The first kappa shape index (κ1) is 19.4. The summed E-state index contributed by atoms with van der Waals surface area (Å²) in [6, 6.07) is 10.3. The van der Waals surface area contributed by atoms with E-state index in [9.17, 15) is 10.0 Å². The molecule has 0 N–H and O–H groups in total. The number of fused-ring (bicyclic) bond motifs is 2. The molecule has 1 atom stereocenters. The largest absolute Gasteiger partial charge is 0.622 e. The summed E-state index contributed by atoms with van der Waals surface area (Å²) in [5, 5.41) is 13.6. The van der Waals surface area contributed by atoms with Crippen LogP contribution in [0.5, 0.6) is 0 Å². The second kappa shape index (κ2) is 7.82. The van der Waals surface area contributed by atoms with Crippen molar-refractivity contribution in [3.05, 3.63) is 69.1 Å². The van der Waals surface area contributed by atoms with Gasteiger partial charge in [0, 0.05) is 30.0 Å². The lowest BCUT2D eigenvalue weighted by atomic mass is 9.76. The Morgan fingerprint density at radius 1 is 1.25 bits per heavy atom. The molecule has 1 aliphatic heterocycles. The van der Waals surface area contributed by atoms with Gasteiger partial charge in [0.1, 0.15) is 0 Å². The van der Waals surface area contributed by atoms with E-state index in [0.29, 0.717) is 12.8 Å². The average molecular weight is 401 g/mol. The first-order valence-corrected chi connectivity index (χ1v) is 10.4. The van der Waals surface area contributed by atoms with Crippen LogP contribution in [0, 0.1) is 11.1 Å². The van der Waals surface area contributed by atoms with Crippen molar-refractivity contribution in [3.63, 3.8) is 0 Å². The van der Waals surface area contributed by atoms with E-state index >= 15 is 0 Å². The zero-order valence-electron chi connectivity index (χ0n) is 16.1. The van der Waals surface area contributed by atoms with E-state index in [2.05, 4.69) is 18.2 Å². The predicted octanol–water partition coefficient (Wildman–Crippen LogP) is 4.85. The van der Waals surface area contributed by atoms with Gasteiger partial charge in [0.25, 0.3) is 0 Å². The standard InChI is InChI=1S/C22H25ClN2O3/c1-2-28-22(26)25(27)12-9-15(10-13-25)20-19-8-7-18(23)14-17(19)6-5-16-4-3-11-24-21(16)20/h3-4,7-8,11,14-15,20H,2,5-6,9-10,12-13H2,1H3. The molecule has 1 aliphatic carbocycles. The number of nitrogens with zero attached hydrogens (tertiary/aromatic N) is 2. The van der Waals surface area contributed by atoms with E-state index in [-0.39, 0.29) is 31.5 Å². The number of ether oxygens (including phenoxy) is 1. The lowest BCUT2D eigenvalue weighted by Gasteiger charge is -2.44. The minimum Gasteiger partial charge on any atom is -0.622 e. The average Bonchev–Trinajstić information content (AvgIpc) is 2.86. The van der Waals surface area contributed by atoms with Crippen LogP contribution in [0.3, 0.4) is 0 Å². The molecule has 0 saturated carbocycles. The van der Waals surface area contributed by atoms with Crippen molar-refractivity contribution in [1.29, 1.82) is 0 Å². The summed E-state index contributed by atoms with van der Waals surface area (Å²) < 4.78 is 4.13. The second-order valence-electron chi connectivity index (χ2n) is 7.74. The Morgan fingerprint density at radius 2 is 2.00 bits per heavy atom. The Hall–Kier alpha value is -1.95. The molecule has 2 heterocycles. The van der Waals surface area contributed by atoms with Crippen LogP contribution < -0.4 is 0 Å². The van der Waals surface area contributed by atoms with Crippen LogP contribution >= 0.6 is 11.6 Å². The summed E-state index contributed by atoms with van der Waals surface area (Å²) in [6.07, 6.45) is 4.40. The van der Waals surface area contributed by atoms with Crippen LogP contribution in [-0.4, -0.2) is 35.4 Å². The number of benzene rings is 1. The minimum atomic E-state index is -0.875. The van der Waals surface area contributed by atoms with Crippen LogP contribution in [0.2, 0.25) is 5.02 Å². The number of amides is 1. The molecule has 2 aliphatic rings. The molecule has 1 aromatic carbocycles. The third-order valence-electron chi connectivity index (χ3n) is 6.12. The highest BCUT2D eigenvalue weighted by Crippen LogP contribution is 2.43. The highest BCUT2D eigenvalue weighted by atomic mass is 35.5. The van der Waals surface area contributed by atoms with Gasteiger partial charge in [-0.25, -0.2) is 0 Å². The van der Waals surface area contributed by atoms with Crippen molar-refractivity contribution in [1.82, 2.24) is 4.98 Å². The quantitative estimate of drug-likeness (QED) is 0.534. The minimum absolute atomic E-state index is 0.127. The SMILES string of the molecule is CCOC(=O)[N+]1([O-])CCC(C2c3ccc(Cl)cc3CCc3cccnc32)CC1. The molecule has 1 unspecified atom stereocenters. The van der Waals surface area contributed by atoms with Crippen molar-refractivity contribution in [2.24, 2.45) is 5.92 Å². The van der Waals surface area contributed by atoms with Crippen LogP contribution in [-0.2, 0) is 17.6 Å². The number of quaternary nitrogens is 1. The topological polar surface area (TPSA) is 62.2 Å². The third-order valence-corrected chi connectivity index (χ3v) is 6.35. The molecular formula is C22H25ClN2O3. The van der Waals surface area contributed by atoms with E-state index in [4.69, 9.17) is 21.3 Å². The summed E-state index contributed by atoms with van der Waals surface area (Å²) in [5.41, 5.74) is 4.89. The molecule has 28 heavy (non-hydrogen) atoms. The highest BCUT2D eigenvalue weighted by molar-refractivity contribution is 6.30. The van der Waals surface area contributed by atoms with Gasteiger partial charge in [-0.2, -0.15) is 4.79 Å². The first-order chi connectivity index (χ1) is 13.5. The number of carbonyl (C=O) groups is 1. The smallest absolute Gasteiger partial charge is 0.516 e. The highest BCUT2D eigenvalue weighted by Gasteiger charge is 2.40. The van der Waals surface area contributed by atoms with Crippen molar-refractivity contribution >= 4 is 17.7 Å². The number of hydroxylamine groups is 3. The summed E-state index contributed by atoms with van der Waals surface area (Å²) in [7, 11) is 0. The Morgan fingerprint density at radius 3 is 2.75 bits per heavy atom. The zero-order chi connectivity index (χ0) is 19.7. The number of hydrogen-bond donors (Lipinski definition) is 0. The number of aromatic nitrogens is 1. The van der Waals surface area contributed by atoms with E-state index in [0.717, 1.165) is 23.6 Å². The van der Waals surface area contributed by atoms with Crippen molar-refractivity contribution in [2.45, 2.75) is 38.5 Å². The molecule has 1 amide bonds. The van der Waals surface area contributed by atoms with Gasteiger partial charge < -0.3 is 9.94 Å². The normalized spacial score (nSPS) is 26.7. The summed E-state index contributed by atoms with van der Waals surface area (Å²) >= 11 is 6.27. The van der Waals surface area contributed by atoms with Crippen molar-refractivity contribution in [2.75, 3.05) is 19.7 Å². The molecule has 0 radical (unpaired) electrons. The monoisotopic (exact) mass is 400 g/mol. The molecule has 5 nitrogen and oxygen atoms in total. The molecule has 0 bridgehead atoms. The van der Waals surface area contributed by atoms with Gasteiger partial charge in [0.2, 0.25) is 0 Å². The molecule has 4 rings (SSSR count). The Bertz CT molecular complexity index is 878. The third kappa shape index (κ3) is 3.54.